The minimum Gasteiger partial charge on any atom is -0.0844 e. The number of hydrogen-bond acceptors (Lipinski definition) is 0. The lowest BCUT2D eigenvalue weighted by Gasteiger charge is -2.40. The van der Waals surface area contributed by atoms with Crippen molar-refractivity contribution in [1.29, 1.82) is 0 Å². The van der Waals surface area contributed by atoms with Crippen LogP contribution in [0.4, 0.5) is 0 Å². The van der Waals surface area contributed by atoms with Crippen LogP contribution in [-0.4, -0.2) is 11.3 Å². The molecule has 0 N–H and O–H groups in total. The molecule has 2 heteroatoms. The summed E-state index contributed by atoms with van der Waals surface area (Å²) in [6.07, 6.45) is 6.42. The van der Waals surface area contributed by atoms with Gasteiger partial charge in [-0.2, -0.15) is 0 Å². The lowest BCUT2D eigenvalue weighted by molar-refractivity contribution is 0.695. The van der Waals surface area contributed by atoms with Gasteiger partial charge in [0.1, 0.15) is 0 Å². The van der Waals surface area contributed by atoms with Crippen molar-refractivity contribution in [1.82, 2.24) is 0 Å². The summed E-state index contributed by atoms with van der Waals surface area (Å²) in [5.41, 5.74) is 1.32. The second kappa shape index (κ2) is 9.38. The Labute approximate surface area is 199 Å². The van der Waals surface area contributed by atoms with Crippen LogP contribution in [0.15, 0.2) is 133 Å². The number of rotatable bonds is 6. The number of hydrogen-bond donors (Lipinski definition) is 0. The van der Waals surface area contributed by atoms with E-state index in [1.165, 1.54) is 27.6 Å². The molecule has 4 aromatic rings. The predicted octanol–water partition coefficient (Wildman–Crippen LogP) is 6.20. The summed E-state index contributed by atoms with van der Waals surface area (Å²) >= 11 is 0. The Morgan fingerprint density at radius 3 is 0.939 bits per heavy atom. The minimum absolute atomic E-state index is 0.454. The molecule has 2 aliphatic carbocycles. The molecule has 0 saturated heterocycles. The van der Waals surface area contributed by atoms with Gasteiger partial charge >= 0.3 is 0 Å². The minimum atomic E-state index is -0.454. The quantitative estimate of drug-likeness (QED) is 0.237. The predicted molar refractivity (Wildman–Crippen MR) is 146 cm³/mol. The maximum atomic E-state index is 2.55. The van der Waals surface area contributed by atoms with Gasteiger partial charge in [0.25, 0.3) is 0 Å². The Morgan fingerprint density at radius 2 is 0.667 bits per heavy atom. The maximum Gasteiger partial charge on any atom is 0.00137 e. The summed E-state index contributed by atoms with van der Waals surface area (Å²) < 4.78 is 0. The second-order valence-corrected chi connectivity index (χ2v) is 13.7. The van der Waals surface area contributed by atoms with Crippen LogP contribution in [0.2, 0.25) is 0 Å². The summed E-state index contributed by atoms with van der Waals surface area (Å²) in [6, 6.07) is 45.4. The fraction of sp³-hybridized carbons (Fsp3) is 0.161. The molecule has 0 nitrogen and oxygen atoms in total. The Balaban J connectivity index is 1.52. The van der Waals surface area contributed by atoms with Gasteiger partial charge in [-0.05, 0) is 55.3 Å². The fourth-order valence-electron chi connectivity index (χ4n) is 5.80. The van der Waals surface area contributed by atoms with Crippen molar-refractivity contribution >= 4 is 37.1 Å². The zero-order chi connectivity index (χ0) is 22.0. The van der Waals surface area contributed by atoms with E-state index in [-0.39, 0.29) is 0 Å². The molecule has 0 aromatic heterocycles. The lowest BCUT2D eigenvalue weighted by atomic mass is 10.1. The van der Waals surface area contributed by atoms with E-state index in [4.69, 9.17) is 0 Å². The number of allylic oxidation sites excluding steroid dienone is 2. The molecule has 162 valence electrons. The van der Waals surface area contributed by atoms with E-state index in [1.807, 2.05) is 0 Å². The highest BCUT2D eigenvalue weighted by molar-refractivity contribution is 7.77. The zero-order valence-electron chi connectivity index (χ0n) is 18.6. The summed E-state index contributed by atoms with van der Waals surface area (Å²) in [6.45, 7) is 0. The molecule has 0 amide bonds. The topological polar surface area (TPSA) is 0 Å². The first-order chi connectivity index (χ1) is 16.4. The van der Waals surface area contributed by atoms with Crippen LogP contribution in [0.5, 0.6) is 0 Å². The maximum absolute atomic E-state index is 2.55. The van der Waals surface area contributed by atoms with Crippen LogP contribution in [0.1, 0.15) is 6.42 Å². The van der Waals surface area contributed by atoms with E-state index in [1.54, 1.807) is 0 Å². The Kier molecular flexibility index (Phi) is 5.98. The molecule has 2 bridgehead atoms. The van der Waals surface area contributed by atoms with Crippen molar-refractivity contribution in [2.45, 2.75) is 17.7 Å². The first-order valence-corrected chi connectivity index (χ1v) is 14.7. The van der Waals surface area contributed by atoms with Gasteiger partial charge in [-0.3, -0.25) is 0 Å². The SMILES string of the molecule is C1=C[C@H]2C[C@H]1C(P(c1ccccc1)c1ccccc1)C2P(c1ccccc1)c1ccccc1. The molecule has 2 unspecified atom stereocenters. The van der Waals surface area contributed by atoms with Gasteiger partial charge in [-0.15, -0.1) is 0 Å². The molecular formula is C31H28P2. The highest BCUT2D eigenvalue weighted by Crippen LogP contribution is 2.64. The third-order valence-corrected chi connectivity index (χ3v) is 13.4. The van der Waals surface area contributed by atoms with E-state index in [0.29, 0.717) is 23.2 Å². The van der Waals surface area contributed by atoms with Crippen molar-refractivity contribution in [3.63, 3.8) is 0 Å². The van der Waals surface area contributed by atoms with Crippen LogP contribution < -0.4 is 21.2 Å². The summed E-state index contributed by atoms with van der Waals surface area (Å²) in [5.74, 6) is 1.34. The van der Waals surface area contributed by atoms with Crippen molar-refractivity contribution in [3.05, 3.63) is 133 Å². The van der Waals surface area contributed by atoms with Crippen LogP contribution >= 0.6 is 15.8 Å². The van der Waals surface area contributed by atoms with E-state index in [9.17, 15) is 0 Å². The molecule has 1 saturated carbocycles. The molecule has 0 spiro atoms. The van der Waals surface area contributed by atoms with E-state index in [2.05, 4.69) is 133 Å². The second-order valence-electron chi connectivity index (χ2n) is 9.01. The molecule has 0 heterocycles. The summed E-state index contributed by atoms with van der Waals surface area (Å²) in [4.78, 5) is 0. The third kappa shape index (κ3) is 4.01. The van der Waals surface area contributed by atoms with Crippen LogP contribution in [0, 0.1) is 11.8 Å². The molecule has 4 atom stereocenters. The third-order valence-electron chi connectivity index (χ3n) is 7.11. The van der Waals surface area contributed by atoms with Crippen molar-refractivity contribution in [2.24, 2.45) is 11.8 Å². The largest absolute Gasteiger partial charge is 0.0844 e. The van der Waals surface area contributed by atoms with Gasteiger partial charge in [-0.25, -0.2) is 0 Å². The number of fused-ring (bicyclic) bond motifs is 2. The lowest BCUT2D eigenvalue weighted by Crippen LogP contribution is -2.37. The number of benzene rings is 4. The molecule has 33 heavy (non-hydrogen) atoms. The van der Waals surface area contributed by atoms with Gasteiger partial charge in [0.05, 0.1) is 0 Å². The molecule has 1 fully saturated rings. The fourth-order valence-corrected chi connectivity index (χ4v) is 12.8. The first kappa shape index (κ1) is 21.0. The van der Waals surface area contributed by atoms with Crippen LogP contribution in [0.3, 0.4) is 0 Å². The zero-order valence-corrected chi connectivity index (χ0v) is 20.4. The molecular weight excluding hydrogens is 434 g/mol. The van der Waals surface area contributed by atoms with E-state index >= 15 is 0 Å². The Morgan fingerprint density at radius 1 is 0.394 bits per heavy atom. The standard InChI is InChI=1S/C31H28P2/c1-5-13-26(14-6-1)32(27-15-7-2-8-16-27)30-24-21-22-25(23-24)31(30)33(28-17-9-3-10-18-28)29-19-11-4-12-20-29/h1-22,24-25,30-31H,23H2/t24-,25-,30?,31?/m0/s1. The van der Waals surface area contributed by atoms with Crippen LogP contribution in [0.25, 0.3) is 0 Å². The highest BCUT2D eigenvalue weighted by Gasteiger charge is 2.51. The molecule has 0 aliphatic heterocycles. The van der Waals surface area contributed by atoms with Crippen molar-refractivity contribution < 1.29 is 0 Å². The Hall–Kier alpha value is -2.52. The van der Waals surface area contributed by atoms with Gasteiger partial charge in [-0.1, -0.05) is 133 Å². The summed E-state index contributed by atoms with van der Waals surface area (Å²) in [7, 11) is -0.909. The van der Waals surface area contributed by atoms with E-state index in [0.717, 1.165) is 0 Å². The van der Waals surface area contributed by atoms with Gasteiger partial charge in [0, 0.05) is 11.3 Å². The average molecular weight is 463 g/mol. The van der Waals surface area contributed by atoms with Crippen molar-refractivity contribution in [2.75, 3.05) is 0 Å². The molecule has 0 radical (unpaired) electrons. The smallest absolute Gasteiger partial charge is 0.00137 e. The first-order valence-electron chi connectivity index (χ1n) is 11.9. The Bertz CT molecular complexity index is 1030. The average Bonchev–Trinajstić information content (AvgIpc) is 3.50. The molecule has 4 aromatic carbocycles. The van der Waals surface area contributed by atoms with Gasteiger partial charge in [0.15, 0.2) is 0 Å². The summed E-state index contributed by atoms with van der Waals surface area (Å²) in [5, 5.41) is 6.08. The normalized spacial score (nSPS) is 23.5. The van der Waals surface area contributed by atoms with Gasteiger partial charge in [0.2, 0.25) is 0 Å². The van der Waals surface area contributed by atoms with E-state index < -0.39 is 15.8 Å². The van der Waals surface area contributed by atoms with Crippen LogP contribution in [-0.2, 0) is 0 Å². The molecule has 2 aliphatic rings. The highest BCUT2D eigenvalue weighted by atomic mass is 31.1. The van der Waals surface area contributed by atoms with Crippen molar-refractivity contribution in [3.8, 4) is 0 Å². The molecule has 6 rings (SSSR count). The monoisotopic (exact) mass is 462 g/mol. The van der Waals surface area contributed by atoms with Gasteiger partial charge < -0.3 is 0 Å².